The SMILES string of the molecule is CCNC(=NCC(F)F)Nc1cccc(OCCCOC)c1. The zero-order chi connectivity index (χ0) is 16.2. The van der Waals surface area contributed by atoms with Gasteiger partial charge < -0.3 is 20.1 Å². The van der Waals surface area contributed by atoms with Crippen LogP contribution in [-0.2, 0) is 4.74 Å². The van der Waals surface area contributed by atoms with E-state index in [4.69, 9.17) is 9.47 Å². The Kier molecular flexibility index (Phi) is 8.90. The number of guanidine groups is 1. The summed E-state index contributed by atoms with van der Waals surface area (Å²) in [6, 6.07) is 7.27. The van der Waals surface area contributed by atoms with Gasteiger partial charge in [0.1, 0.15) is 12.3 Å². The third-order valence-electron chi connectivity index (χ3n) is 2.59. The Bertz CT molecular complexity index is 456. The molecule has 22 heavy (non-hydrogen) atoms. The fourth-order valence-electron chi connectivity index (χ4n) is 1.66. The molecule has 0 aliphatic carbocycles. The van der Waals surface area contributed by atoms with Crippen LogP contribution in [0.3, 0.4) is 0 Å². The van der Waals surface area contributed by atoms with Crippen molar-refractivity contribution < 1.29 is 18.3 Å². The first-order chi connectivity index (χ1) is 10.7. The highest BCUT2D eigenvalue weighted by Crippen LogP contribution is 2.17. The highest BCUT2D eigenvalue weighted by Gasteiger charge is 2.04. The molecule has 1 aromatic rings. The number of rotatable bonds is 9. The summed E-state index contributed by atoms with van der Waals surface area (Å²) in [4.78, 5) is 3.81. The molecular weight excluding hydrogens is 292 g/mol. The third kappa shape index (κ3) is 7.78. The second-order valence-corrected chi connectivity index (χ2v) is 4.46. The zero-order valence-corrected chi connectivity index (χ0v) is 12.9. The number of hydrogen-bond acceptors (Lipinski definition) is 3. The van der Waals surface area contributed by atoms with Gasteiger partial charge in [0.15, 0.2) is 5.96 Å². The minimum atomic E-state index is -2.47. The first-order valence-corrected chi connectivity index (χ1v) is 7.21. The molecule has 2 N–H and O–H groups in total. The summed E-state index contributed by atoms with van der Waals surface area (Å²) in [6.07, 6.45) is -1.67. The predicted molar refractivity (Wildman–Crippen MR) is 84.0 cm³/mol. The Hall–Kier alpha value is -1.89. The fraction of sp³-hybridized carbons (Fsp3) is 0.533. The molecule has 0 amide bonds. The molecule has 1 aromatic carbocycles. The number of benzene rings is 1. The Morgan fingerprint density at radius 2 is 2.14 bits per heavy atom. The molecule has 0 unspecified atom stereocenters. The molecule has 5 nitrogen and oxygen atoms in total. The molecule has 1 rings (SSSR count). The van der Waals surface area contributed by atoms with E-state index >= 15 is 0 Å². The van der Waals surface area contributed by atoms with Crippen molar-refractivity contribution in [2.45, 2.75) is 19.8 Å². The van der Waals surface area contributed by atoms with Crippen LogP contribution in [0.1, 0.15) is 13.3 Å². The molecule has 7 heteroatoms. The van der Waals surface area contributed by atoms with Crippen molar-refractivity contribution in [3.05, 3.63) is 24.3 Å². The number of hydrogen-bond donors (Lipinski definition) is 2. The van der Waals surface area contributed by atoms with Gasteiger partial charge in [-0.3, -0.25) is 0 Å². The van der Waals surface area contributed by atoms with Crippen molar-refractivity contribution in [3.63, 3.8) is 0 Å². The lowest BCUT2D eigenvalue weighted by molar-refractivity contribution is 0.158. The van der Waals surface area contributed by atoms with Crippen molar-refractivity contribution >= 4 is 11.6 Å². The number of ether oxygens (including phenoxy) is 2. The minimum absolute atomic E-state index is 0.319. The zero-order valence-electron chi connectivity index (χ0n) is 12.9. The molecule has 0 spiro atoms. The maximum atomic E-state index is 12.2. The number of nitrogens with one attached hydrogen (secondary N) is 2. The fourth-order valence-corrected chi connectivity index (χ4v) is 1.66. The Labute approximate surface area is 129 Å². The van der Waals surface area contributed by atoms with E-state index in [2.05, 4.69) is 15.6 Å². The van der Waals surface area contributed by atoms with Gasteiger partial charge in [-0.25, -0.2) is 13.8 Å². The van der Waals surface area contributed by atoms with E-state index in [-0.39, 0.29) is 0 Å². The molecule has 0 bridgehead atoms. The van der Waals surface area contributed by atoms with Gasteiger partial charge in [-0.05, 0) is 19.1 Å². The molecule has 0 saturated heterocycles. The Balaban J connectivity index is 2.60. The molecule has 0 aliphatic heterocycles. The molecular formula is C15H23F2N3O2. The Morgan fingerprint density at radius 3 is 2.82 bits per heavy atom. The van der Waals surface area contributed by atoms with Gasteiger partial charge >= 0.3 is 0 Å². The van der Waals surface area contributed by atoms with Crippen molar-refractivity contribution in [2.75, 3.05) is 38.7 Å². The van der Waals surface area contributed by atoms with Crippen LogP contribution in [0.4, 0.5) is 14.5 Å². The van der Waals surface area contributed by atoms with Gasteiger partial charge in [0.05, 0.1) is 6.61 Å². The van der Waals surface area contributed by atoms with E-state index in [1.54, 1.807) is 13.2 Å². The smallest absolute Gasteiger partial charge is 0.257 e. The molecule has 0 radical (unpaired) electrons. The lowest BCUT2D eigenvalue weighted by atomic mass is 10.3. The lowest BCUT2D eigenvalue weighted by Gasteiger charge is -2.12. The van der Waals surface area contributed by atoms with Crippen LogP contribution >= 0.6 is 0 Å². The monoisotopic (exact) mass is 315 g/mol. The molecule has 0 heterocycles. The number of aliphatic imine (C=N–C) groups is 1. The quantitative estimate of drug-likeness (QED) is 0.418. The van der Waals surface area contributed by atoms with Gasteiger partial charge in [0, 0.05) is 38.4 Å². The predicted octanol–water partition coefficient (Wildman–Crippen LogP) is 2.74. The van der Waals surface area contributed by atoms with Gasteiger partial charge in [0.2, 0.25) is 0 Å². The first-order valence-electron chi connectivity index (χ1n) is 7.21. The number of methoxy groups -OCH3 is 1. The number of halogens is 2. The maximum Gasteiger partial charge on any atom is 0.257 e. The van der Waals surface area contributed by atoms with Crippen molar-refractivity contribution in [1.82, 2.24) is 5.32 Å². The van der Waals surface area contributed by atoms with Crippen molar-refractivity contribution in [2.24, 2.45) is 4.99 Å². The normalized spacial score (nSPS) is 11.6. The summed E-state index contributed by atoms with van der Waals surface area (Å²) >= 11 is 0. The van der Waals surface area contributed by atoms with Crippen LogP contribution in [0.25, 0.3) is 0 Å². The Morgan fingerprint density at radius 1 is 1.32 bits per heavy atom. The summed E-state index contributed by atoms with van der Waals surface area (Å²) in [5, 5.41) is 5.89. The largest absolute Gasteiger partial charge is 0.493 e. The molecule has 124 valence electrons. The van der Waals surface area contributed by atoms with Gasteiger partial charge in [-0.1, -0.05) is 6.07 Å². The lowest BCUT2D eigenvalue weighted by Crippen LogP contribution is -2.31. The maximum absolute atomic E-state index is 12.2. The summed E-state index contributed by atoms with van der Waals surface area (Å²) < 4.78 is 35.0. The van der Waals surface area contributed by atoms with Crippen molar-refractivity contribution in [3.8, 4) is 5.75 Å². The number of alkyl halides is 2. The third-order valence-corrected chi connectivity index (χ3v) is 2.59. The van der Waals surface area contributed by atoms with E-state index in [0.717, 1.165) is 12.1 Å². The minimum Gasteiger partial charge on any atom is -0.493 e. The van der Waals surface area contributed by atoms with Gasteiger partial charge in [0.25, 0.3) is 6.43 Å². The van der Waals surface area contributed by atoms with Crippen LogP contribution in [0, 0.1) is 0 Å². The van der Waals surface area contributed by atoms with Gasteiger partial charge in [-0.15, -0.1) is 0 Å². The standard InChI is InChI=1S/C15H23F2N3O2/c1-3-18-15(19-11-14(16)17)20-12-6-4-7-13(10-12)22-9-5-8-21-2/h4,6-7,10,14H,3,5,8-9,11H2,1-2H3,(H2,18,19,20). The molecule has 0 fully saturated rings. The van der Waals surface area contributed by atoms with E-state index in [9.17, 15) is 8.78 Å². The molecule has 0 atom stereocenters. The molecule has 0 aliphatic rings. The van der Waals surface area contributed by atoms with E-state index in [1.807, 2.05) is 25.1 Å². The average molecular weight is 315 g/mol. The van der Waals surface area contributed by atoms with Crippen molar-refractivity contribution in [1.29, 1.82) is 0 Å². The summed E-state index contributed by atoms with van der Waals surface area (Å²) in [5.41, 5.74) is 0.721. The van der Waals surface area contributed by atoms with E-state index < -0.39 is 13.0 Å². The average Bonchev–Trinajstić information content (AvgIpc) is 2.50. The summed E-state index contributed by atoms with van der Waals surface area (Å²) in [5.74, 6) is 1.02. The van der Waals surface area contributed by atoms with Crippen LogP contribution in [-0.4, -0.2) is 45.8 Å². The highest BCUT2D eigenvalue weighted by molar-refractivity contribution is 5.93. The van der Waals surface area contributed by atoms with E-state index in [1.165, 1.54) is 0 Å². The second kappa shape index (κ2) is 10.8. The number of anilines is 1. The van der Waals surface area contributed by atoms with Crippen LogP contribution in [0.2, 0.25) is 0 Å². The highest BCUT2D eigenvalue weighted by atomic mass is 19.3. The topological polar surface area (TPSA) is 54.9 Å². The van der Waals surface area contributed by atoms with Crippen LogP contribution in [0.15, 0.2) is 29.3 Å². The van der Waals surface area contributed by atoms with Crippen LogP contribution < -0.4 is 15.4 Å². The molecule has 0 aromatic heterocycles. The first kappa shape index (κ1) is 18.2. The van der Waals surface area contributed by atoms with E-state index in [0.29, 0.717) is 31.5 Å². The second-order valence-electron chi connectivity index (χ2n) is 4.46. The van der Waals surface area contributed by atoms with Gasteiger partial charge in [-0.2, -0.15) is 0 Å². The number of nitrogens with zero attached hydrogens (tertiary/aromatic N) is 1. The molecule has 0 saturated carbocycles. The summed E-state index contributed by atoms with van der Waals surface area (Å²) in [6.45, 7) is 3.11. The summed E-state index contributed by atoms with van der Waals surface area (Å²) in [7, 11) is 1.64. The van der Waals surface area contributed by atoms with Crippen LogP contribution in [0.5, 0.6) is 5.75 Å².